The van der Waals surface area contributed by atoms with Crippen LogP contribution >= 0.6 is 35.6 Å². The molecule has 0 bridgehead atoms. The van der Waals surface area contributed by atoms with Gasteiger partial charge >= 0.3 is 0 Å². The van der Waals surface area contributed by atoms with Crippen LogP contribution in [-0.4, -0.2) is 31.6 Å². The van der Waals surface area contributed by atoms with E-state index < -0.39 is 0 Å². The van der Waals surface area contributed by atoms with Crippen molar-refractivity contribution >= 4 is 35.6 Å². The zero-order valence-corrected chi connectivity index (χ0v) is 13.7. The van der Waals surface area contributed by atoms with Gasteiger partial charge in [-0.1, -0.05) is 29.3 Å². The van der Waals surface area contributed by atoms with Crippen LogP contribution in [-0.2, 0) is 0 Å². The van der Waals surface area contributed by atoms with Crippen LogP contribution in [0, 0.1) is 5.92 Å². The lowest BCUT2D eigenvalue weighted by atomic mass is 10.1. The van der Waals surface area contributed by atoms with E-state index in [4.69, 9.17) is 23.2 Å². The molecule has 2 unspecified atom stereocenters. The maximum absolute atomic E-state index is 6.28. The number of hydrogen-bond donors (Lipinski definition) is 1. The van der Waals surface area contributed by atoms with Crippen LogP contribution in [0.4, 0.5) is 0 Å². The molecule has 0 amide bonds. The lowest BCUT2D eigenvalue weighted by Crippen LogP contribution is -2.27. The highest BCUT2D eigenvalue weighted by molar-refractivity contribution is 6.35. The first-order valence-corrected chi connectivity index (χ1v) is 7.21. The lowest BCUT2D eigenvalue weighted by molar-refractivity contribution is 0.252. The van der Waals surface area contributed by atoms with E-state index >= 15 is 0 Å². The second-order valence-electron chi connectivity index (χ2n) is 5.05. The Balaban J connectivity index is 0.00000180. The van der Waals surface area contributed by atoms with E-state index in [0.29, 0.717) is 11.1 Å². The van der Waals surface area contributed by atoms with Gasteiger partial charge in [-0.25, -0.2) is 0 Å². The minimum absolute atomic E-state index is 0. The van der Waals surface area contributed by atoms with Crippen molar-refractivity contribution < 1.29 is 0 Å². The van der Waals surface area contributed by atoms with Crippen molar-refractivity contribution in [2.45, 2.75) is 19.4 Å². The largest absolute Gasteiger partial charge is 0.319 e. The first kappa shape index (κ1) is 17.1. The minimum Gasteiger partial charge on any atom is -0.319 e. The quantitative estimate of drug-likeness (QED) is 0.900. The fourth-order valence-corrected chi connectivity index (χ4v) is 3.27. The molecule has 1 heterocycles. The van der Waals surface area contributed by atoms with Crippen LogP contribution in [0.2, 0.25) is 10.0 Å². The van der Waals surface area contributed by atoms with Crippen molar-refractivity contribution in [2.24, 2.45) is 5.92 Å². The van der Waals surface area contributed by atoms with E-state index in [2.05, 4.69) is 17.1 Å². The third-order valence-electron chi connectivity index (χ3n) is 3.77. The summed E-state index contributed by atoms with van der Waals surface area (Å²) in [4.78, 5) is 2.50. The number of likely N-dealkylation sites (tertiary alicyclic amines) is 1. The number of benzene rings is 1. The highest BCUT2D eigenvalue weighted by atomic mass is 35.5. The molecule has 1 aromatic carbocycles. The van der Waals surface area contributed by atoms with Crippen molar-refractivity contribution in [3.63, 3.8) is 0 Å². The number of nitrogens with zero attached hydrogens (tertiary/aromatic N) is 1. The maximum Gasteiger partial charge on any atom is 0.0468 e. The molecular weight excluding hydrogens is 303 g/mol. The molecule has 1 aliphatic rings. The Kier molecular flexibility index (Phi) is 6.92. The van der Waals surface area contributed by atoms with Crippen LogP contribution in [0.1, 0.15) is 24.9 Å². The standard InChI is InChI=1S/C14H20Cl2N2.ClH/c1-10(13-4-3-12(15)7-14(13)16)18-6-5-11(9-18)8-17-2;/h3-4,7,10-11,17H,5-6,8-9H2,1-2H3;1H. The summed E-state index contributed by atoms with van der Waals surface area (Å²) in [5, 5.41) is 4.73. The van der Waals surface area contributed by atoms with Gasteiger partial charge in [-0.05, 0) is 57.1 Å². The van der Waals surface area contributed by atoms with Crippen LogP contribution < -0.4 is 5.32 Å². The van der Waals surface area contributed by atoms with Gasteiger partial charge in [-0.15, -0.1) is 12.4 Å². The molecular formula is C14H21Cl3N2. The molecule has 5 heteroatoms. The Bertz CT molecular complexity index is 412. The number of halogens is 3. The SMILES string of the molecule is CNCC1CCN(C(C)c2ccc(Cl)cc2Cl)C1.Cl. The predicted molar refractivity (Wildman–Crippen MR) is 85.7 cm³/mol. The topological polar surface area (TPSA) is 15.3 Å². The molecule has 0 aliphatic carbocycles. The Hall–Kier alpha value is 0.01000. The first-order valence-electron chi connectivity index (χ1n) is 6.45. The molecule has 0 saturated carbocycles. The van der Waals surface area contributed by atoms with E-state index in [1.807, 2.05) is 25.2 Å². The van der Waals surface area contributed by atoms with Gasteiger partial charge in [-0.3, -0.25) is 4.90 Å². The monoisotopic (exact) mass is 322 g/mol. The van der Waals surface area contributed by atoms with E-state index in [9.17, 15) is 0 Å². The lowest BCUT2D eigenvalue weighted by Gasteiger charge is -2.25. The summed E-state index contributed by atoms with van der Waals surface area (Å²) in [5.41, 5.74) is 1.17. The highest BCUT2D eigenvalue weighted by Crippen LogP contribution is 2.32. The number of nitrogens with one attached hydrogen (secondary N) is 1. The molecule has 1 aliphatic heterocycles. The Labute approximate surface area is 131 Å². The molecule has 19 heavy (non-hydrogen) atoms. The molecule has 0 aromatic heterocycles. The number of rotatable bonds is 4. The molecule has 2 atom stereocenters. The zero-order chi connectivity index (χ0) is 13.1. The molecule has 2 rings (SSSR count). The summed E-state index contributed by atoms with van der Waals surface area (Å²) in [6.07, 6.45) is 1.26. The third kappa shape index (κ3) is 4.24. The molecule has 1 N–H and O–H groups in total. The van der Waals surface area contributed by atoms with Gasteiger partial charge in [0.25, 0.3) is 0 Å². The van der Waals surface area contributed by atoms with E-state index in [-0.39, 0.29) is 12.4 Å². The maximum atomic E-state index is 6.28. The Morgan fingerprint density at radius 2 is 2.16 bits per heavy atom. The van der Waals surface area contributed by atoms with Crippen molar-refractivity contribution in [3.05, 3.63) is 33.8 Å². The van der Waals surface area contributed by atoms with Crippen LogP contribution in [0.5, 0.6) is 0 Å². The molecule has 0 spiro atoms. The minimum atomic E-state index is 0. The average Bonchev–Trinajstić information content (AvgIpc) is 2.77. The molecule has 108 valence electrons. The van der Waals surface area contributed by atoms with Gasteiger partial charge in [0.2, 0.25) is 0 Å². The number of hydrogen-bond acceptors (Lipinski definition) is 2. The average molecular weight is 324 g/mol. The van der Waals surface area contributed by atoms with E-state index in [0.717, 1.165) is 30.6 Å². The summed E-state index contributed by atoms with van der Waals surface area (Å²) < 4.78 is 0. The van der Waals surface area contributed by atoms with Gasteiger partial charge in [0.1, 0.15) is 0 Å². The summed E-state index contributed by atoms with van der Waals surface area (Å²) in [5.74, 6) is 0.753. The second-order valence-corrected chi connectivity index (χ2v) is 5.89. The van der Waals surface area contributed by atoms with Crippen LogP contribution in [0.15, 0.2) is 18.2 Å². The van der Waals surface area contributed by atoms with Crippen molar-refractivity contribution in [1.29, 1.82) is 0 Å². The van der Waals surface area contributed by atoms with Gasteiger partial charge in [0.15, 0.2) is 0 Å². The van der Waals surface area contributed by atoms with Gasteiger partial charge < -0.3 is 5.32 Å². The second kappa shape index (κ2) is 7.70. The smallest absolute Gasteiger partial charge is 0.0468 e. The van der Waals surface area contributed by atoms with E-state index in [1.54, 1.807) is 0 Å². The third-order valence-corrected chi connectivity index (χ3v) is 4.33. The van der Waals surface area contributed by atoms with E-state index in [1.165, 1.54) is 12.0 Å². The zero-order valence-electron chi connectivity index (χ0n) is 11.3. The van der Waals surface area contributed by atoms with Crippen molar-refractivity contribution in [2.75, 3.05) is 26.7 Å². The molecule has 1 saturated heterocycles. The van der Waals surface area contributed by atoms with Crippen molar-refractivity contribution in [1.82, 2.24) is 10.2 Å². The van der Waals surface area contributed by atoms with Gasteiger partial charge in [0.05, 0.1) is 0 Å². The summed E-state index contributed by atoms with van der Waals surface area (Å²) in [6, 6.07) is 6.15. The molecule has 1 fully saturated rings. The van der Waals surface area contributed by atoms with Gasteiger partial charge in [-0.2, -0.15) is 0 Å². The molecule has 2 nitrogen and oxygen atoms in total. The molecule has 1 aromatic rings. The fourth-order valence-electron chi connectivity index (χ4n) is 2.71. The summed E-state index contributed by atoms with van der Waals surface area (Å²) in [7, 11) is 2.02. The van der Waals surface area contributed by atoms with Crippen molar-refractivity contribution in [3.8, 4) is 0 Å². The predicted octanol–water partition coefficient (Wildman–Crippen LogP) is 4.02. The summed E-state index contributed by atoms with van der Waals surface area (Å²) in [6.45, 7) is 5.60. The fraction of sp³-hybridized carbons (Fsp3) is 0.571. The van der Waals surface area contributed by atoms with Crippen LogP contribution in [0.25, 0.3) is 0 Å². The van der Waals surface area contributed by atoms with Crippen LogP contribution in [0.3, 0.4) is 0 Å². The summed E-state index contributed by atoms with van der Waals surface area (Å²) >= 11 is 12.2. The molecule has 0 radical (unpaired) electrons. The highest BCUT2D eigenvalue weighted by Gasteiger charge is 2.27. The normalized spacial score (nSPS) is 21.2. The first-order chi connectivity index (χ1) is 8.61. The van der Waals surface area contributed by atoms with Gasteiger partial charge in [0, 0.05) is 22.6 Å². The Morgan fingerprint density at radius 1 is 1.42 bits per heavy atom. The Morgan fingerprint density at radius 3 is 2.79 bits per heavy atom.